The van der Waals surface area contributed by atoms with Gasteiger partial charge in [0.2, 0.25) is 11.8 Å². The first-order valence-corrected chi connectivity index (χ1v) is 11.1. The summed E-state index contributed by atoms with van der Waals surface area (Å²) in [6.07, 6.45) is 12.3. The number of primary amides is 2. The fourth-order valence-corrected chi connectivity index (χ4v) is 3.38. The number of likely N-dealkylation sites (tertiary alicyclic amines) is 1. The molecule has 1 aliphatic heterocycles. The minimum atomic E-state index is -0.472. The first kappa shape index (κ1) is 25.6. The van der Waals surface area contributed by atoms with Crippen LogP contribution < -0.4 is 17.2 Å². The fourth-order valence-electron chi connectivity index (χ4n) is 3.38. The van der Waals surface area contributed by atoms with Gasteiger partial charge in [-0.1, -0.05) is 38.5 Å². The van der Waals surface area contributed by atoms with Gasteiger partial charge in [0.05, 0.1) is 0 Å². The van der Waals surface area contributed by atoms with Gasteiger partial charge >= 0.3 is 0 Å². The maximum Gasteiger partial charge on any atom is 0.253 e. The van der Waals surface area contributed by atoms with Gasteiger partial charge in [-0.25, -0.2) is 0 Å². The van der Waals surface area contributed by atoms with Gasteiger partial charge in [-0.3, -0.25) is 14.4 Å². The lowest BCUT2D eigenvalue weighted by atomic mass is 10.1. The fraction of sp³-hybridized carbons (Fsp3) is 0.609. The average molecular weight is 419 g/mol. The minimum Gasteiger partial charge on any atom is -0.370 e. The second-order valence-electron chi connectivity index (χ2n) is 7.77. The van der Waals surface area contributed by atoms with Gasteiger partial charge in [0.25, 0.3) is 5.91 Å². The minimum absolute atomic E-state index is 0.0357. The van der Waals surface area contributed by atoms with Gasteiger partial charge in [-0.15, -0.1) is 0 Å². The van der Waals surface area contributed by atoms with Crippen LogP contribution in [-0.2, 0) is 4.79 Å². The predicted molar refractivity (Wildman–Crippen MR) is 120 cm³/mol. The van der Waals surface area contributed by atoms with Gasteiger partial charge in [-0.05, 0) is 56.5 Å². The highest BCUT2D eigenvalue weighted by Gasteiger charge is 2.19. The van der Waals surface area contributed by atoms with Crippen LogP contribution in [-0.4, -0.2) is 42.3 Å². The summed E-state index contributed by atoms with van der Waals surface area (Å²) < 4.78 is 0. The average Bonchev–Trinajstić information content (AvgIpc) is 3.27. The lowest BCUT2D eigenvalue weighted by molar-refractivity contribution is -0.118. The molecule has 1 saturated heterocycles. The van der Waals surface area contributed by atoms with Crippen LogP contribution in [0.2, 0.25) is 0 Å². The number of carbonyl (C=O) groups is 3. The van der Waals surface area contributed by atoms with E-state index in [2.05, 4.69) is 0 Å². The quantitative estimate of drug-likeness (QED) is 0.450. The van der Waals surface area contributed by atoms with E-state index in [1.165, 1.54) is 32.1 Å². The maximum atomic E-state index is 11.9. The summed E-state index contributed by atoms with van der Waals surface area (Å²) in [4.78, 5) is 35.1. The number of nitrogens with two attached hydrogens (primary N) is 3. The molecule has 0 bridgehead atoms. The number of amides is 3. The van der Waals surface area contributed by atoms with Gasteiger partial charge in [0.15, 0.2) is 0 Å². The number of nitrogens with zero attached hydrogens (tertiary/aromatic N) is 1. The van der Waals surface area contributed by atoms with Gasteiger partial charge in [-0.2, -0.15) is 0 Å². The standard InChI is InChI=1S/C12H14N2O2.C11H24N2O/c13-11(15)9-3-5-10(6-4-9)12(16)14-7-1-2-8-14;12-10-8-6-4-2-1-3-5-7-9-11(13)14/h3-6H,1-2,7-8H2,(H2,13,15);1-10,12H2,(H2,13,14). The van der Waals surface area contributed by atoms with Crippen molar-refractivity contribution in [2.24, 2.45) is 17.2 Å². The van der Waals surface area contributed by atoms with Crippen molar-refractivity contribution in [1.82, 2.24) is 4.90 Å². The van der Waals surface area contributed by atoms with E-state index < -0.39 is 5.91 Å². The van der Waals surface area contributed by atoms with E-state index in [1.807, 2.05) is 4.90 Å². The Morgan fingerprint density at radius 3 is 1.67 bits per heavy atom. The number of carbonyl (C=O) groups excluding carboxylic acids is 3. The monoisotopic (exact) mass is 418 g/mol. The summed E-state index contributed by atoms with van der Waals surface area (Å²) in [5.74, 6) is -0.610. The van der Waals surface area contributed by atoms with Crippen LogP contribution in [0.1, 0.15) is 91.3 Å². The van der Waals surface area contributed by atoms with Crippen molar-refractivity contribution in [3.63, 3.8) is 0 Å². The van der Waals surface area contributed by atoms with Crippen LogP contribution in [0, 0.1) is 0 Å². The SMILES string of the molecule is NC(=O)c1ccc(C(=O)N2CCCC2)cc1.NCCCCCCCCCCC(N)=O. The lowest BCUT2D eigenvalue weighted by Crippen LogP contribution is -2.27. The van der Waals surface area contributed by atoms with E-state index in [9.17, 15) is 14.4 Å². The highest BCUT2D eigenvalue weighted by molar-refractivity contribution is 5.97. The summed E-state index contributed by atoms with van der Waals surface area (Å²) >= 11 is 0. The third kappa shape index (κ3) is 11.0. The molecule has 168 valence electrons. The summed E-state index contributed by atoms with van der Waals surface area (Å²) in [5.41, 5.74) is 16.6. The molecule has 0 unspecified atom stereocenters. The van der Waals surface area contributed by atoms with E-state index in [4.69, 9.17) is 17.2 Å². The van der Waals surface area contributed by atoms with Crippen molar-refractivity contribution in [3.05, 3.63) is 35.4 Å². The van der Waals surface area contributed by atoms with Crippen LogP contribution in [0.25, 0.3) is 0 Å². The van der Waals surface area contributed by atoms with E-state index >= 15 is 0 Å². The predicted octanol–water partition coefficient (Wildman–Crippen LogP) is 2.96. The number of hydrogen-bond donors (Lipinski definition) is 3. The summed E-state index contributed by atoms with van der Waals surface area (Å²) in [7, 11) is 0. The molecule has 1 aliphatic rings. The van der Waals surface area contributed by atoms with E-state index in [0.717, 1.165) is 51.7 Å². The molecule has 1 heterocycles. The first-order valence-electron chi connectivity index (χ1n) is 11.1. The maximum absolute atomic E-state index is 11.9. The number of benzene rings is 1. The van der Waals surface area contributed by atoms with E-state index in [0.29, 0.717) is 17.5 Å². The van der Waals surface area contributed by atoms with E-state index in [1.54, 1.807) is 24.3 Å². The molecule has 2 rings (SSSR count). The molecule has 7 heteroatoms. The van der Waals surface area contributed by atoms with Crippen molar-refractivity contribution in [2.45, 2.75) is 70.6 Å². The zero-order valence-electron chi connectivity index (χ0n) is 18.1. The molecule has 3 amide bonds. The zero-order valence-corrected chi connectivity index (χ0v) is 18.1. The molecular weight excluding hydrogens is 380 g/mol. The molecule has 0 atom stereocenters. The molecule has 0 spiro atoms. The number of hydrogen-bond acceptors (Lipinski definition) is 4. The van der Waals surface area contributed by atoms with E-state index in [-0.39, 0.29) is 11.8 Å². The van der Waals surface area contributed by atoms with Crippen LogP contribution in [0.3, 0.4) is 0 Å². The molecule has 0 radical (unpaired) electrons. The van der Waals surface area contributed by atoms with Crippen molar-refractivity contribution in [1.29, 1.82) is 0 Å². The molecule has 1 aromatic rings. The second kappa shape index (κ2) is 15.4. The second-order valence-corrected chi connectivity index (χ2v) is 7.77. The molecule has 1 fully saturated rings. The van der Waals surface area contributed by atoms with Crippen molar-refractivity contribution in [3.8, 4) is 0 Å². The molecule has 0 saturated carbocycles. The molecule has 0 aromatic heterocycles. The van der Waals surface area contributed by atoms with Crippen LogP contribution in [0.5, 0.6) is 0 Å². The zero-order chi connectivity index (χ0) is 22.2. The first-order chi connectivity index (χ1) is 14.5. The van der Waals surface area contributed by atoms with Gasteiger partial charge in [0, 0.05) is 30.6 Å². The van der Waals surface area contributed by atoms with Crippen molar-refractivity contribution < 1.29 is 14.4 Å². The Morgan fingerprint density at radius 1 is 0.733 bits per heavy atom. The molecule has 30 heavy (non-hydrogen) atoms. The Kier molecular flexibility index (Phi) is 13.2. The number of rotatable bonds is 12. The Labute approximate surface area is 180 Å². The Balaban J connectivity index is 0.000000304. The Morgan fingerprint density at radius 2 is 1.20 bits per heavy atom. The lowest BCUT2D eigenvalue weighted by Gasteiger charge is -2.15. The molecule has 7 nitrogen and oxygen atoms in total. The van der Waals surface area contributed by atoms with Gasteiger partial charge in [0.1, 0.15) is 0 Å². The largest absolute Gasteiger partial charge is 0.370 e. The topological polar surface area (TPSA) is 133 Å². The Hall–Kier alpha value is -2.41. The van der Waals surface area contributed by atoms with Crippen molar-refractivity contribution >= 4 is 17.7 Å². The van der Waals surface area contributed by atoms with Gasteiger partial charge < -0.3 is 22.1 Å². The highest BCUT2D eigenvalue weighted by atomic mass is 16.2. The van der Waals surface area contributed by atoms with Crippen LogP contribution in [0.4, 0.5) is 0 Å². The van der Waals surface area contributed by atoms with Crippen molar-refractivity contribution in [2.75, 3.05) is 19.6 Å². The smallest absolute Gasteiger partial charge is 0.253 e. The summed E-state index contributed by atoms with van der Waals surface area (Å²) in [6, 6.07) is 6.48. The highest BCUT2D eigenvalue weighted by Crippen LogP contribution is 2.13. The molecule has 0 aliphatic carbocycles. The molecule has 1 aromatic carbocycles. The molecular formula is C23H38N4O3. The van der Waals surface area contributed by atoms with Crippen LogP contribution in [0.15, 0.2) is 24.3 Å². The third-order valence-electron chi connectivity index (χ3n) is 5.19. The van der Waals surface area contributed by atoms with Crippen LogP contribution >= 0.6 is 0 Å². The Bertz CT molecular complexity index is 640. The molecule has 6 N–H and O–H groups in total. The third-order valence-corrected chi connectivity index (χ3v) is 5.19. The normalized spacial score (nSPS) is 12.9. The number of unbranched alkanes of at least 4 members (excludes halogenated alkanes) is 7. The summed E-state index contributed by atoms with van der Waals surface area (Å²) in [6.45, 7) is 2.48. The summed E-state index contributed by atoms with van der Waals surface area (Å²) in [5, 5.41) is 0.